The Morgan fingerprint density at radius 1 is 0.976 bits per heavy atom. The van der Waals surface area contributed by atoms with E-state index in [0.29, 0.717) is 42.0 Å². The topological polar surface area (TPSA) is 112 Å². The van der Waals surface area contributed by atoms with Gasteiger partial charge in [0.05, 0.1) is 24.4 Å². The average Bonchev–Trinajstić information content (AvgIpc) is 3.33. The number of fused-ring (bicyclic) bond motifs is 1. The lowest BCUT2D eigenvalue weighted by Crippen LogP contribution is -2.56. The van der Waals surface area contributed by atoms with Gasteiger partial charge in [-0.1, -0.05) is 30.3 Å². The molecule has 1 aliphatic heterocycles. The van der Waals surface area contributed by atoms with Crippen molar-refractivity contribution in [3.05, 3.63) is 55.0 Å². The first-order valence-corrected chi connectivity index (χ1v) is 13.4. The second-order valence-corrected chi connectivity index (χ2v) is 11.0. The highest BCUT2D eigenvalue weighted by Gasteiger charge is 2.33. The zero-order valence-electron chi connectivity index (χ0n) is 24.1. The third kappa shape index (κ3) is 5.93. The molecule has 11 heteroatoms. The van der Waals surface area contributed by atoms with Crippen LogP contribution in [0.2, 0.25) is 0 Å². The summed E-state index contributed by atoms with van der Waals surface area (Å²) >= 11 is 0. The smallest absolute Gasteiger partial charge is 0.415 e. The minimum absolute atomic E-state index is 0.243. The molecule has 0 aliphatic carbocycles. The molecule has 2 aromatic carbocycles. The molecule has 0 saturated carbocycles. The van der Waals surface area contributed by atoms with Crippen LogP contribution < -0.4 is 9.47 Å². The van der Waals surface area contributed by atoms with Crippen LogP contribution in [-0.4, -0.2) is 80.1 Å². The molecule has 0 spiro atoms. The standard InChI is InChI=1S/C30H34N6O5/c1-19-16-35(28(37)41-30(2,3)4)12-13-36(19)29(38)40-25-14-21-23(15-24(25)39-6)31-18-32-27(21)22-17-34(5)33-26(22)20-10-8-7-9-11-20/h7-11,14-15,17-19H,12-13,16H2,1-6H3/t19-/m0/s1. The zero-order valence-corrected chi connectivity index (χ0v) is 24.1. The minimum Gasteiger partial charge on any atom is -0.493 e. The molecule has 11 nitrogen and oxygen atoms in total. The summed E-state index contributed by atoms with van der Waals surface area (Å²) in [5.41, 5.74) is 3.24. The molecule has 214 valence electrons. The van der Waals surface area contributed by atoms with Gasteiger partial charge in [0.25, 0.3) is 0 Å². The van der Waals surface area contributed by atoms with E-state index in [1.807, 2.05) is 71.3 Å². The van der Waals surface area contributed by atoms with Crippen LogP contribution in [0.25, 0.3) is 33.4 Å². The lowest BCUT2D eigenvalue weighted by Gasteiger charge is -2.39. The average molecular weight is 559 g/mol. The third-order valence-corrected chi connectivity index (χ3v) is 6.76. The van der Waals surface area contributed by atoms with E-state index >= 15 is 0 Å². The van der Waals surface area contributed by atoms with E-state index in [9.17, 15) is 9.59 Å². The SMILES string of the molecule is COc1cc2ncnc(-c3cn(C)nc3-c3ccccc3)c2cc1OC(=O)N1CCN(C(=O)OC(C)(C)C)C[C@@H]1C. The van der Waals surface area contributed by atoms with Crippen LogP contribution in [0.4, 0.5) is 9.59 Å². The summed E-state index contributed by atoms with van der Waals surface area (Å²) in [6, 6.07) is 13.0. The normalized spacial score (nSPS) is 15.6. The Morgan fingerprint density at radius 3 is 2.41 bits per heavy atom. The highest BCUT2D eigenvalue weighted by Crippen LogP contribution is 2.38. The zero-order chi connectivity index (χ0) is 29.3. The molecule has 1 aliphatic rings. The first-order chi connectivity index (χ1) is 19.5. The first kappa shape index (κ1) is 27.9. The molecule has 3 heterocycles. The van der Waals surface area contributed by atoms with Crippen molar-refractivity contribution in [2.45, 2.75) is 39.3 Å². The van der Waals surface area contributed by atoms with E-state index < -0.39 is 17.8 Å². The van der Waals surface area contributed by atoms with E-state index in [4.69, 9.17) is 14.2 Å². The molecule has 0 bridgehead atoms. The van der Waals surface area contributed by atoms with E-state index in [0.717, 1.165) is 16.8 Å². The quantitative estimate of drug-likeness (QED) is 0.338. The molecule has 1 saturated heterocycles. The molecule has 5 rings (SSSR count). The Balaban J connectivity index is 1.43. The highest BCUT2D eigenvalue weighted by molar-refractivity contribution is 5.97. The Morgan fingerprint density at radius 2 is 1.73 bits per heavy atom. The number of hydrogen-bond acceptors (Lipinski definition) is 8. The van der Waals surface area contributed by atoms with Crippen molar-refractivity contribution in [2.75, 3.05) is 26.7 Å². The van der Waals surface area contributed by atoms with Gasteiger partial charge < -0.3 is 24.0 Å². The largest absolute Gasteiger partial charge is 0.493 e. The summed E-state index contributed by atoms with van der Waals surface area (Å²) in [6.45, 7) is 8.32. The number of nitrogens with zero attached hydrogens (tertiary/aromatic N) is 6. The van der Waals surface area contributed by atoms with Crippen molar-refractivity contribution in [3.63, 3.8) is 0 Å². The molecule has 0 radical (unpaired) electrons. The molecule has 2 aromatic heterocycles. The number of carbonyl (C=O) groups excluding carboxylic acids is 2. The number of rotatable bonds is 4. The maximum absolute atomic E-state index is 13.4. The van der Waals surface area contributed by atoms with Gasteiger partial charge in [-0.15, -0.1) is 0 Å². The van der Waals surface area contributed by atoms with Crippen LogP contribution in [0.3, 0.4) is 0 Å². The van der Waals surface area contributed by atoms with Crippen molar-refractivity contribution in [1.29, 1.82) is 0 Å². The molecule has 4 aromatic rings. The number of methoxy groups -OCH3 is 1. The predicted octanol–water partition coefficient (Wildman–Crippen LogP) is 5.15. The number of aryl methyl sites for hydroxylation is 1. The van der Waals surface area contributed by atoms with Gasteiger partial charge in [0.1, 0.15) is 17.6 Å². The Bertz CT molecular complexity index is 1580. The maximum atomic E-state index is 13.4. The molecule has 41 heavy (non-hydrogen) atoms. The van der Waals surface area contributed by atoms with Crippen molar-refractivity contribution in [1.82, 2.24) is 29.5 Å². The Hall–Kier alpha value is -4.67. The maximum Gasteiger partial charge on any atom is 0.415 e. The fourth-order valence-corrected chi connectivity index (χ4v) is 4.86. The molecular weight excluding hydrogens is 524 g/mol. The van der Waals surface area contributed by atoms with Gasteiger partial charge >= 0.3 is 12.2 Å². The van der Waals surface area contributed by atoms with E-state index in [1.54, 1.807) is 26.6 Å². The van der Waals surface area contributed by atoms with Gasteiger partial charge in [-0.25, -0.2) is 19.6 Å². The number of aromatic nitrogens is 4. The fraction of sp³-hybridized carbons (Fsp3) is 0.367. The highest BCUT2D eigenvalue weighted by atomic mass is 16.6. The van der Waals surface area contributed by atoms with Crippen LogP contribution in [0.5, 0.6) is 11.5 Å². The molecule has 0 unspecified atom stereocenters. The van der Waals surface area contributed by atoms with Crippen LogP contribution >= 0.6 is 0 Å². The number of ether oxygens (including phenoxy) is 3. The number of piperazine rings is 1. The van der Waals surface area contributed by atoms with E-state index in [-0.39, 0.29) is 11.8 Å². The first-order valence-electron chi connectivity index (χ1n) is 13.4. The fourth-order valence-electron chi connectivity index (χ4n) is 4.86. The van der Waals surface area contributed by atoms with Crippen molar-refractivity contribution in [2.24, 2.45) is 7.05 Å². The van der Waals surface area contributed by atoms with Gasteiger partial charge in [0, 0.05) is 55.5 Å². The van der Waals surface area contributed by atoms with E-state index in [2.05, 4.69) is 15.1 Å². The molecular formula is C30H34N6O5. The monoisotopic (exact) mass is 558 g/mol. The summed E-state index contributed by atoms with van der Waals surface area (Å²) < 4.78 is 18.7. The molecule has 1 fully saturated rings. The van der Waals surface area contributed by atoms with Gasteiger partial charge in [0.15, 0.2) is 11.5 Å². The van der Waals surface area contributed by atoms with Crippen molar-refractivity contribution >= 4 is 23.1 Å². The molecule has 0 N–H and O–H groups in total. The minimum atomic E-state index is -0.594. The number of amides is 2. The van der Waals surface area contributed by atoms with Crippen LogP contribution in [-0.2, 0) is 11.8 Å². The summed E-state index contributed by atoms with van der Waals surface area (Å²) in [5.74, 6) is 0.609. The van der Waals surface area contributed by atoms with Gasteiger partial charge in [-0.2, -0.15) is 5.10 Å². The van der Waals surface area contributed by atoms with Crippen LogP contribution in [0.15, 0.2) is 55.0 Å². The lowest BCUT2D eigenvalue weighted by molar-refractivity contribution is 0.00782. The Labute approximate surface area is 238 Å². The second-order valence-electron chi connectivity index (χ2n) is 11.0. The van der Waals surface area contributed by atoms with Crippen molar-refractivity contribution < 1.29 is 23.8 Å². The molecule has 2 amide bonds. The van der Waals surface area contributed by atoms with Crippen molar-refractivity contribution in [3.8, 4) is 34.0 Å². The number of carbonyl (C=O) groups is 2. The third-order valence-electron chi connectivity index (χ3n) is 6.76. The van der Waals surface area contributed by atoms with Gasteiger partial charge in [-0.3, -0.25) is 4.68 Å². The van der Waals surface area contributed by atoms with E-state index in [1.165, 1.54) is 13.4 Å². The van der Waals surface area contributed by atoms with Crippen LogP contribution in [0.1, 0.15) is 27.7 Å². The van der Waals surface area contributed by atoms with Gasteiger partial charge in [0.2, 0.25) is 0 Å². The number of hydrogen-bond donors (Lipinski definition) is 0. The Kier molecular flexibility index (Phi) is 7.53. The number of benzene rings is 2. The summed E-state index contributed by atoms with van der Waals surface area (Å²) in [4.78, 5) is 38.1. The molecule has 1 atom stereocenters. The van der Waals surface area contributed by atoms with Gasteiger partial charge in [-0.05, 0) is 33.8 Å². The van der Waals surface area contributed by atoms with Crippen LogP contribution in [0, 0.1) is 0 Å². The summed E-state index contributed by atoms with van der Waals surface area (Å²) in [5, 5.41) is 5.36. The summed E-state index contributed by atoms with van der Waals surface area (Å²) in [7, 11) is 3.37. The summed E-state index contributed by atoms with van der Waals surface area (Å²) in [6.07, 6.45) is 2.47. The predicted molar refractivity (Wildman–Crippen MR) is 154 cm³/mol. The lowest BCUT2D eigenvalue weighted by atomic mass is 10.0. The second kappa shape index (κ2) is 11.1.